The molecule has 0 heterocycles. The third-order valence-corrected chi connectivity index (χ3v) is 1.17. The van der Waals surface area contributed by atoms with Crippen LogP contribution in [0.3, 0.4) is 0 Å². The van der Waals surface area contributed by atoms with Gasteiger partial charge in [0.2, 0.25) is 0 Å². The quantitative estimate of drug-likeness (QED) is 0.535. The maximum absolute atomic E-state index is 10.9. The van der Waals surface area contributed by atoms with Gasteiger partial charge in [0.15, 0.2) is 0 Å². The molecule has 10 heavy (non-hydrogen) atoms. The van der Waals surface area contributed by atoms with Gasteiger partial charge in [-0.05, 0) is 6.92 Å². The predicted octanol–water partition coefficient (Wildman–Crippen LogP) is 1.25. The molecule has 0 bridgehead atoms. The summed E-state index contributed by atoms with van der Waals surface area (Å²) in [6, 6.07) is 0. The van der Waals surface area contributed by atoms with Crippen LogP contribution in [0.2, 0.25) is 0 Å². The van der Waals surface area contributed by atoms with E-state index in [1.165, 1.54) is 0 Å². The second kappa shape index (κ2) is 3.20. The Bertz CT molecular complexity index is 189. The maximum Gasteiger partial charge on any atom is 0.334 e. The van der Waals surface area contributed by atoms with Crippen LogP contribution < -0.4 is 0 Å². The second-order valence-corrected chi connectivity index (χ2v) is 1.89. The van der Waals surface area contributed by atoms with Crippen LogP contribution in [0.5, 0.6) is 0 Å². The normalized spacial score (nSPS) is 15.1. The van der Waals surface area contributed by atoms with E-state index < -0.39 is 0 Å². The van der Waals surface area contributed by atoms with Crippen molar-refractivity contribution in [3.05, 3.63) is 30.2 Å². The smallest absolute Gasteiger partial charge is 0.334 e. The van der Waals surface area contributed by atoms with Gasteiger partial charge in [0.25, 0.3) is 0 Å². The number of carbonyl (C=O) groups excluding carboxylic acids is 1. The zero-order valence-electron chi connectivity index (χ0n) is 5.83. The maximum atomic E-state index is 10.9. The summed E-state index contributed by atoms with van der Waals surface area (Å²) in [4.78, 5) is 10.9. The van der Waals surface area contributed by atoms with Crippen molar-refractivity contribution in [2.45, 2.75) is 6.92 Å². The van der Waals surface area contributed by atoms with E-state index in [-0.39, 0.29) is 5.97 Å². The van der Waals surface area contributed by atoms with Crippen LogP contribution >= 0.6 is 0 Å². The number of rotatable bonds is 2. The highest BCUT2D eigenvalue weighted by Crippen LogP contribution is 2.09. The molecule has 53 valence electrons. The summed E-state index contributed by atoms with van der Waals surface area (Å²) < 4.78 is 4.75. The lowest BCUT2D eigenvalue weighted by molar-refractivity contribution is -0.138. The van der Waals surface area contributed by atoms with E-state index in [1.54, 1.807) is 19.4 Å². The van der Waals surface area contributed by atoms with Gasteiger partial charge >= 0.3 is 5.97 Å². The Morgan fingerprint density at radius 3 is 2.90 bits per heavy atom. The van der Waals surface area contributed by atoms with Crippen LogP contribution in [0, 0.1) is 6.42 Å². The van der Waals surface area contributed by atoms with Gasteiger partial charge in [-0.1, -0.05) is 18.2 Å². The largest absolute Gasteiger partial charge is 0.463 e. The fraction of sp³-hybridized carbons (Fsp3) is 0.250. The van der Waals surface area contributed by atoms with Gasteiger partial charge in [0.1, 0.15) is 0 Å². The molecule has 0 unspecified atom stereocenters. The zero-order chi connectivity index (χ0) is 7.40. The summed E-state index contributed by atoms with van der Waals surface area (Å²) in [7, 11) is 0. The van der Waals surface area contributed by atoms with Crippen molar-refractivity contribution < 1.29 is 9.53 Å². The van der Waals surface area contributed by atoms with Crippen LogP contribution in [0.4, 0.5) is 0 Å². The molecule has 2 nitrogen and oxygen atoms in total. The molecule has 0 saturated carbocycles. The highest BCUT2D eigenvalue weighted by molar-refractivity contribution is 5.92. The monoisotopic (exact) mass is 137 g/mol. The van der Waals surface area contributed by atoms with E-state index in [9.17, 15) is 4.79 Å². The second-order valence-electron chi connectivity index (χ2n) is 1.89. The lowest BCUT2D eigenvalue weighted by Crippen LogP contribution is -2.05. The molecule has 0 saturated heterocycles. The number of hydrogen-bond donors (Lipinski definition) is 0. The predicted molar refractivity (Wildman–Crippen MR) is 38.2 cm³/mol. The van der Waals surface area contributed by atoms with E-state index in [0.29, 0.717) is 12.2 Å². The van der Waals surface area contributed by atoms with E-state index in [1.807, 2.05) is 12.2 Å². The molecule has 1 aliphatic rings. The number of ether oxygens (including phenoxy) is 1. The third kappa shape index (κ3) is 1.47. The van der Waals surface area contributed by atoms with Crippen LogP contribution in [-0.2, 0) is 9.53 Å². The molecular weight excluding hydrogens is 128 g/mol. The van der Waals surface area contributed by atoms with Gasteiger partial charge in [-0.3, -0.25) is 0 Å². The summed E-state index contributed by atoms with van der Waals surface area (Å²) in [6.07, 6.45) is 7.09. The molecule has 0 aliphatic heterocycles. The molecule has 0 atom stereocenters. The molecule has 1 aliphatic carbocycles. The SMILES string of the molecule is CCOC(=O)C1=CC=C[CH]1. The van der Waals surface area contributed by atoms with Gasteiger partial charge in [-0.25, -0.2) is 4.79 Å². The summed E-state index contributed by atoms with van der Waals surface area (Å²) in [6.45, 7) is 2.23. The molecule has 0 aromatic heterocycles. The molecule has 0 amide bonds. The number of allylic oxidation sites excluding steroid dienone is 3. The summed E-state index contributed by atoms with van der Waals surface area (Å²) in [5.41, 5.74) is 0.627. The number of carbonyl (C=O) groups is 1. The lowest BCUT2D eigenvalue weighted by Gasteiger charge is -1.99. The molecular formula is C8H9O2. The first kappa shape index (κ1) is 7.06. The first-order valence-corrected chi connectivity index (χ1v) is 3.23. The molecule has 1 radical (unpaired) electrons. The zero-order valence-corrected chi connectivity index (χ0v) is 5.83. The van der Waals surface area contributed by atoms with Gasteiger partial charge in [-0.2, -0.15) is 0 Å². The van der Waals surface area contributed by atoms with Crippen molar-refractivity contribution >= 4 is 5.97 Å². The molecule has 0 spiro atoms. The minimum absolute atomic E-state index is 0.243. The molecule has 0 N–H and O–H groups in total. The van der Waals surface area contributed by atoms with Crippen molar-refractivity contribution in [3.63, 3.8) is 0 Å². The van der Waals surface area contributed by atoms with Crippen molar-refractivity contribution in [3.8, 4) is 0 Å². The Morgan fingerprint density at radius 2 is 2.40 bits per heavy atom. The third-order valence-electron chi connectivity index (χ3n) is 1.17. The minimum Gasteiger partial charge on any atom is -0.463 e. The summed E-state index contributed by atoms with van der Waals surface area (Å²) in [5.74, 6) is -0.243. The number of hydrogen-bond acceptors (Lipinski definition) is 2. The highest BCUT2D eigenvalue weighted by Gasteiger charge is 2.09. The fourth-order valence-electron chi connectivity index (χ4n) is 0.725. The fourth-order valence-corrected chi connectivity index (χ4v) is 0.725. The molecule has 0 aromatic carbocycles. The van der Waals surface area contributed by atoms with Crippen LogP contribution in [0.15, 0.2) is 23.8 Å². The molecule has 0 fully saturated rings. The molecule has 1 rings (SSSR count). The topological polar surface area (TPSA) is 26.3 Å². The van der Waals surface area contributed by atoms with Crippen molar-refractivity contribution in [1.82, 2.24) is 0 Å². The van der Waals surface area contributed by atoms with E-state index in [4.69, 9.17) is 4.74 Å². The first-order chi connectivity index (χ1) is 4.84. The Hall–Kier alpha value is -1.05. The Kier molecular flexibility index (Phi) is 2.26. The molecule has 0 aromatic rings. The average molecular weight is 137 g/mol. The van der Waals surface area contributed by atoms with Crippen LogP contribution in [0.25, 0.3) is 0 Å². The van der Waals surface area contributed by atoms with Crippen LogP contribution in [0.1, 0.15) is 6.92 Å². The van der Waals surface area contributed by atoms with Crippen LogP contribution in [-0.4, -0.2) is 12.6 Å². The van der Waals surface area contributed by atoms with Crippen molar-refractivity contribution in [2.24, 2.45) is 0 Å². The van der Waals surface area contributed by atoms with E-state index in [0.717, 1.165) is 0 Å². The van der Waals surface area contributed by atoms with Gasteiger partial charge in [0.05, 0.1) is 6.61 Å². The standard InChI is InChI=1S/C8H9O2/c1-2-10-8(9)7-5-3-4-6-7/h3-6H,2H2,1H3. The van der Waals surface area contributed by atoms with Gasteiger partial charge in [-0.15, -0.1) is 0 Å². The summed E-state index contributed by atoms with van der Waals surface area (Å²) in [5, 5.41) is 0. The van der Waals surface area contributed by atoms with Gasteiger partial charge < -0.3 is 4.74 Å². The average Bonchev–Trinajstić information content (AvgIpc) is 2.38. The van der Waals surface area contributed by atoms with Gasteiger partial charge in [0, 0.05) is 12.0 Å². The lowest BCUT2D eigenvalue weighted by atomic mass is 10.2. The number of esters is 1. The Balaban J connectivity index is 2.43. The molecule has 2 heteroatoms. The minimum atomic E-state index is -0.243. The van der Waals surface area contributed by atoms with Crippen molar-refractivity contribution in [1.29, 1.82) is 0 Å². The van der Waals surface area contributed by atoms with E-state index in [2.05, 4.69) is 0 Å². The highest BCUT2D eigenvalue weighted by atomic mass is 16.5. The van der Waals surface area contributed by atoms with Crippen molar-refractivity contribution in [2.75, 3.05) is 6.61 Å². The Morgan fingerprint density at radius 1 is 1.60 bits per heavy atom. The summed E-state index contributed by atoms with van der Waals surface area (Å²) >= 11 is 0. The van der Waals surface area contributed by atoms with E-state index >= 15 is 0 Å². The Labute approximate surface area is 60.2 Å². The first-order valence-electron chi connectivity index (χ1n) is 3.23.